The molecule has 4 N–H and O–H groups in total. The van der Waals surface area contributed by atoms with Crippen molar-refractivity contribution in [3.63, 3.8) is 0 Å². The van der Waals surface area contributed by atoms with Gasteiger partial charge in [0.05, 0.1) is 44.1 Å². The number of esters is 6. The van der Waals surface area contributed by atoms with Crippen LogP contribution in [0.5, 0.6) is 0 Å². The average Bonchev–Trinajstić information content (AvgIpc) is 3.27. The minimum Gasteiger partial charge on any atom is -0.463 e. The van der Waals surface area contributed by atoms with Crippen LogP contribution in [-0.2, 0) is 99.5 Å². The summed E-state index contributed by atoms with van der Waals surface area (Å²) < 4.78 is 78.1. The third-order valence-electron chi connectivity index (χ3n) is 10.9. The first-order chi connectivity index (χ1) is 34.4. The maximum atomic E-state index is 12.5. The van der Waals surface area contributed by atoms with Crippen molar-refractivity contribution in [2.24, 2.45) is 23.3 Å². The molecule has 2 aliphatic rings. The lowest BCUT2D eigenvalue weighted by atomic mass is 9.87. The highest BCUT2D eigenvalue weighted by molar-refractivity contribution is 7.44. The van der Waals surface area contributed by atoms with Gasteiger partial charge in [0.25, 0.3) is 8.53 Å². The number of amides is 2. The fraction of sp³-hybridized carbons (Fsp3) is 0.809. The van der Waals surface area contributed by atoms with E-state index in [9.17, 15) is 43.6 Å². The number of primary amides is 2. The zero-order chi connectivity index (χ0) is 54.8. The van der Waals surface area contributed by atoms with Crippen LogP contribution >= 0.6 is 8.53 Å². The van der Waals surface area contributed by atoms with Crippen LogP contribution in [0.2, 0.25) is 0 Å². The largest absolute Gasteiger partial charge is 0.463 e. The maximum absolute atomic E-state index is 12.5. The minimum absolute atomic E-state index is 0.0340. The molecule has 26 heteroatoms. The van der Waals surface area contributed by atoms with Crippen molar-refractivity contribution in [2.45, 2.75) is 188 Å². The highest BCUT2D eigenvalue weighted by atomic mass is 31.2. The van der Waals surface area contributed by atoms with Gasteiger partial charge in [0.2, 0.25) is 11.8 Å². The molecule has 25 nitrogen and oxygen atoms in total. The number of nitrogens with two attached hydrogens (primary N) is 2. The Bertz CT molecular complexity index is 1810. The summed E-state index contributed by atoms with van der Waals surface area (Å²) in [5.41, 5.74) is 11.2. The van der Waals surface area contributed by atoms with Gasteiger partial charge in [-0.3, -0.25) is 38.4 Å². The summed E-state index contributed by atoms with van der Waals surface area (Å²) in [6.45, 7) is 14.3. The van der Waals surface area contributed by atoms with E-state index in [1.807, 2.05) is 32.4 Å². The van der Waals surface area contributed by atoms with E-state index >= 15 is 0 Å². The Morgan fingerprint density at radius 3 is 1.45 bits per heavy atom. The summed E-state index contributed by atoms with van der Waals surface area (Å²) in [7, 11) is -1.76. The van der Waals surface area contributed by atoms with E-state index in [0.29, 0.717) is 19.3 Å². The molecule has 0 aromatic rings. The number of nitriles is 1. The highest BCUT2D eigenvalue weighted by Crippen LogP contribution is 2.46. The van der Waals surface area contributed by atoms with Crippen LogP contribution in [0.3, 0.4) is 0 Å². The lowest BCUT2D eigenvalue weighted by Crippen LogP contribution is -2.60. The first-order valence-electron chi connectivity index (χ1n) is 24.3. The quantitative estimate of drug-likeness (QED) is 0.0405. The van der Waals surface area contributed by atoms with Gasteiger partial charge < -0.3 is 72.6 Å². The molecule has 0 bridgehead atoms. The Hall–Kier alpha value is -4.64. The summed E-state index contributed by atoms with van der Waals surface area (Å²) in [5.74, 6) is -7.94. The molecule has 73 heavy (non-hydrogen) atoms. The van der Waals surface area contributed by atoms with Crippen molar-refractivity contribution in [3.8, 4) is 6.07 Å². The molecule has 2 amide bonds. The standard InChI is InChI=1S/C47H77N4O21P/c1-27(2)51(28(3)4)73(64-20-16-17-48)65-24-35(70-47-37(22-41(50)59)43(67-32(8)55)45(69-34(10)57)39(72-47)26-63-30(6)53)23-60-18-14-12-11-13-15-19-61-46-36(21-40(49)58)42(66-31(7)54)44(68-33(9)56)38(71-46)25-62-29(5)52/h27-28,35-39,42-47H,11-16,18-26H2,1-10H3,(H2,49,58)(H2,50,59)/t35-,36+,37+,38+,39+,42+,43+,44-,45-,46+,47+,73?/m0/s1. The SMILES string of the molecule is CC(=O)OC[C@H]1O[C@@H](OCCCCCCCOC[C@@H](COP(OCCC#N)N(C(C)C)C(C)C)O[C@@H]2O[C@H](COC(C)=O)[C@H](OC(C)=O)[C@H](OC(C)=O)[C@H]2CC(N)=O)[C@H](CC(N)=O)[C@@H](OC(C)=O)[C@H]1OC(C)=O. The Balaban J connectivity index is 2.25. The molecule has 2 aliphatic heterocycles. The summed E-state index contributed by atoms with van der Waals surface area (Å²) in [5, 5.41) is 9.24. The van der Waals surface area contributed by atoms with E-state index in [2.05, 4.69) is 6.07 Å². The Morgan fingerprint density at radius 2 is 1.01 bits per heavy atom. The third kappa shape index (κ3) is 24.5. The number of carbonyl (C=O) groups is 8. The van der Waals surface area contributed by atoms with Crippen LogP contribution in [0.4, 0.5) is 0 Å². The van der Waals surface area contributed by atoms with Crippen molar-refractivity contribution in [1.82, 2.24) is 4.67 Å². The zero-order valence-electron chi connectivity index (χ0n) is 43.7. The maximum Gasteiger partial charge on any atom is 0.303 e. The Labute approximate surface area is 428 Å². The third-order valence-corrected chi connectivity index (χ3v) is 13.0. The Kier molecular flexibility index (Phi) is 30.1. The predicted octanol–water partition coefficient (Wildman–Crippen LogP) is 2.93. The Morgan fingerprint density at radius 1 is 0.575 bits per heavy atom. The van der Waals surface area contributed by atoms with Crippen LogP contribution in [0.1, 0.15) is 121 Å². The van der Waals surface area contributed by atoms with E-state index in [0.717, 1.165) is 40.5 Å². The first-order valence-corrected chi connectivity index (χ1v) is 25.5. The molecule has 416 valence electrons. The van der Waals surface area contributed by atoms with Gasteiger partial charge in [0.1, 0.15) is 43.7 Å². The van der Waals surface area contributed by atoms with Crippen LogP contribution in [0.15, 0.2) is 0 Å². The number of hydrogen-bond acceptors (Lipinski definition) is 23. The van der Waals surface area contributed by atoms with Crippen molar-refractivity contribution in [1.29, 1.82) is 5.26 Å². The first kappa shape index (κ1) is 64.5. The van der Waals surface area contributed by atoms with E-state index in [1.165, 1.54) is 13.8 Å². The molecule has 1 unspecified atom stereocenters. The fourth-order valence-electron chi connectivity index (χ4n) is 8.16. The molecule has 2 saturated heterocycles. The van der Waals surface area contributed by atoms with E-state index in [-0.39, 0.29) is 64.6 Å². The molecule has 0 saturated carbocycles. The number of rotatable bonds is 34. The van der Waals surface area contributed by atoms with Gasteiger partial charge in [-0.2, -0.15) is 5.26 Å². The summed E-state index contributed by atoms with van der Waals surface area (Å²) in [6.07, 6.45) is -8.29. The molecule has 12 atom stereocenters. The second-order valence-corrected chi connectivity index (χ2v) is 19.4. The van der Waals surface area contributed by atoms with Gasteiger partial charge in [-0.25, -0.2) is 4.67 Å². The summed E-state index contributed by atoms with van der Waals surface area (Å²) in [6, 6.07) is 2.00. The van der Waals surface area contributed by atoms with E-state index < -0.39 is 136 Å². The minimum atomic E-state index is -1.76. The number of hydrogen-bond donors (Lipinski definition) is 2. The summed E-state index contributed by atoms with van der Waals surface area (Å²) in [4.78, 5) is 97.3. The van der Waals surface area contributed by atoms with Crippen LogP contribution in [0.25, 0.3) is 0 Å². The smallest absolute Gasteiger partial charge is 0.303 e. The van der Waals surface area contributed by atoms with Gasteiger partial charge >= 0.3 is 35.8 Å². The van der Waals surface area contributed by atoms with E-state index in [1.54, 1.807) is 0 Å². The molecule has 2 rings (SSSR count). The van der Waals surface area contributed by atoms with E-state index in [4.69, 9.17) is 72.6 Å². The molecule has 2 fully saturated rings. The fourth-order valence-corrected chi connectivity index (χ4v) is 9.80. The van der Waals surface area contributed by atoms with Gasteiger partial charge in [0, 0.05) is 79.7 Å². The second kappa shape index (κ2) is 34.0. The molecule has 0 aliphatic carbocycles. The molecule has 0 aromatic heterocycles. The molecule has 0 aromatic carbocycles. The molecule has 0 radical (unpaired) electrons. The number of ether oxygens (including phenoxy) is 11. The van der Waals surface area contributed by atoms with Crippen molar-refractivity contribution < 1.29 is 99.5 Å². The number of carbonyl (C=O) groups excluding carboxylic acids is 8. The second-order valence-electron chi connectivity index (χ2n) is 18.0. The molecule has 0 spiro atoms. The van der Waals surface area contributed by atoms with Gasteiger partial charge in [-0.1, -0.05) is 19.3 Å². The van der Waals surface area contributed by atoms with Crippen LogP contribution in [-0.4, -0.2) is 166 Å². The lowest BCUT2D eigenvalue weighted by molar-refractivity contribution is -0.305. The van der Waals surface area contributed by atoms with Crippen molar-refractivity contribution >= 4 is 56.2 Å². The summed E-state index contributed by atoms with van der Waals surface area (Å²) >= 11 is 0. The predicted molar refractivity (Wildman–Crippen MR) is 253 cm³/mol. The number of nitrogens with zero attached hydrogens (tertiary/aromatic N) is 2. The normalized spacial score (nSPS) is 24.7. The average molecular weight is 1070 g/mol. The monoisotopic (exact) mass is 1060 g/mol. The van der Waals surface area contributed by atoms with Gasteiger partial charge in [-0.15, -0.1) is 0 Å². The zero-order valence-corrected chi connectivity index (χ0v) is 44.6. The van der Waals surface area contributed by atoms with Gasteiger partial charge in [0.15, 0.2) is 24.8 Å². The topological polar surface area (TPSA) is 336 Å². The highest BCUT2D eigenvalue weighted by Gasteiger charge is 2.53. The van der Waals surface area contributed by atoms with Crippen LogP contribution in [0, 0.1) is 23.2 Å². The van der Waals surface area contributed by atoms with Gasteiger partial charge in [-0.05, 0) is 40.5 Å². The molecular formula is C47H77N4O21P. The molecule has 2 heterocycles. The number of unbranched alkanes of at least 4 members (excludes halogenated alkanes) is 4. The van der Waals surface area contributed by atoms with Crippen LogP contribution < -0.4 is 11.5 Å². The molecular weight excluding hydrogens is 987 g/mol. The van der Waals surface area contributed by atoms with Crippen molar-refractivity contribution in [2.75, 3.05) is 46.2 Å². The lowest BCUT2D eigenvalue weighted by Gasteiger charge is -2.45. The van der Waals surface area contributed by atoms with Crippen molar-refractivity contribution in [3.05, 3.63) is 0 Å².